The van der Waals surface area contributed by atoms with Crippen LogP contribution in [0.1, 0.15) is 58.3 Å². The number of nitrogens with one attached hydrogen (secondary N) is 1. The Kier molecular flexibility index (Phi) is 4.34. The highest BCUT2D eigenvalue weighted by molar-refractivity contribution is 5.20. The quantitative estimate of drug-likeness (QED) is 0.904. The second-order valence-electron chi connectivity index (χ2n) is 6.98. The number of hydrogen-bond donors (Lipinski definition) is 1. The first-order valence-electron chi connectivity index (χ1n) is 7.71. The van der Waals surface area contributed by atoms with E-state index < -0.39 is 0 Å². The smallest absolute Gasteiger partial charge is 0.109 e. The summed E-state index contributed by atoms with van der Waals surface area (Å²) in [6.07, 6.45) is 3.40. The van der Waals surface area contributed by atoms with E-state index in [1.807, 2.05) is 0 Å². The Hall–Kier alpha value is -0.830. The topological polar surface area (TPSA) is 29.9 Å². The zero-order chi connectivity index (χ0) is 14.0. The van der Waals surface area contributed by atoms with Crippen molar-refractivity contribution in [2.45, 2.75) is 67.0 Å². The number of hydrogen-bond acceptors (Lipinski definition) is 2. The minimum absolute atomic E-state index is 0.355. The van der Waals surface area contributed by atoms with Gasteiger partial charge in [-0.1, -0.05) is 34.6 Å². The number of rotatable bonds is 4. The third kappa shape index (κ3) is 3.19. The van der Waals surface area contributed by atoms with Gasteiger partial charge in [-0.15, -0.1) is 0 Å². The molecule has 1 aliphatic rings. The number of fused-ring (bicyclic) bond motifs is 1. The Morgan fingerprint density at radius 3 is 2.74 bits per heavy atom. The molecule has 2 rings (SSSR count). The lowest BCUT2D eigenvalue weighted by molar-refractivity contribution is 0.229. The standard InChI is InChI=1S/C16H29N3/c1-6-7-15-18-13-10-17-9-8-14(13)19(15)11-12(2)16(3,4)5/h12,17H,6-11H2,1-5H3. The van der Waals surface area contributed by atoms with Crippen molar-refractivity contribution in [1.82, 2.24) is 14.9 Å². The molecular weight excluding hydrogens is 234 g/mol. The van der Waals surface area contributed by atoms with Crippen LogP contribution in [0.3, 0.4) is 0 Å². The third-order valence-corrected chi connectivity index (χ3v) is 4.47. The van der Waals surface area contributed by atoms with Gasteiger partial charge in [-0.05, 0) is 17.8 Å². The summed E-state index contributed by atoms with van der Waals surface area (Å²) in [6.45, 7) is 14.8. The van der Waals surface area contributed by atoms with E-state index >= 15 is 0 Å². The molecule has 2 heterocycles. The molecule has 3 nitrogen and oxygen atoms in total. The average Bonchev–Trinajstić information content (AvgIpc) is 2.67. The van der Waals surface area contributed by atoms with Gasteiger partial charge >= 0.3 is 0 Å². The van der Waals surface area contributed by atoms with Gasteiger partial charge in [-0.3, -0.25) is 0 Å². The number of imidazole rings is 1. The number of nitrogens with zero attached hydrogens (tertiary/aromatic N) is 2. The van der Waals surface area contributed by atoms with E-state index in [0.717, 1.165) is 32.5 Å². The average molecular weight is 263 g/mol. The van der Waals surface area contributed by atoms with Crippen LogP contribution in [0.5, 0.6) is 0 Å². The second-order valence-corrected chi connectivity index (χ2v) is 6.98. The Balaban J connectivity index is 2.28. The first kappa shape index (κ1) is 14.6. The number of aryl methyl sites for hydroxylation is 1. The summed E-state index contributed by atoms with van der Waals surface area (Å²) in [5, 5.41) is 3.43. The van der Waals surface area contributed by atoms with E-state index in [1.54, 1.807) is 0 Å². The first-order valence-corrected chi connectivity index (χ1v) is 7.71. The molecule has 108 valence electrons. The molecule has 0 aromatic carbocycles. The van der Waals surface area contributed by atoms with Gasteiger partial charge in [0, 0.05) is 38.2 Å². The van der Waals surface area contributed by atoms with Gasteiger partial charge < -0.3 is 9.88 Å². The van der Waals surface area contributed by atoms with E-state index in [2.05, 4.69) is 44.5 Å². The first-order chi connectivity index (χ1) is 8.93. The molecule has 0 bridgehead atoms. The van der Waals surface area contributed by atoms with Gasteiger partial charge in [0.05, 0.1) is 5.69 Å². The Morgan fingerprint density at radius 2 is 2.11 bits per heavy atom. The minimum atomic E-state index is 0.355. The molecule has 0 aliphatic carbocycles. The SMILES string of the molecule is CCCc1nc2c(n1CC(C)C(C)(C)C)CCNC2. The summed E-state index contributed by atoms with van der Waals surface area (Å²) >= 11 is 0. The third-order valence-electron chi connectivity index (χ3n) is 4.47. The normalized spacial score (nSPS) is 17.3. The fraction of sp³-hybridized carbons (Fsp3) is 0.812. The highest BCUT2D eigenvalue weighted by atomic mass is 15.1. The van der Waals surface area contributed by atoms with E-state index in [4.69, 9.17) is 4.98 Å². The molecule has 1 N–H and O–H groups in total. The van der Waals surface area contributed by atoms with Crippen LogP contribution in [-0.4, -0.2) is 16.1 Å². The molecular formula is C16H29N3. The maximum absolute atomic E-state index is 4.88. The molecule has 0 saturated heterocycles. The predicted molar refractivity (Wildman–Crippen MR) is 80.3 cm³/mol. The van der Waals surface area contributed by atoms with Gasteiger partial charge in [-0.25, -0.2) is 4.98 Å². The van der Waals surface area contributed by atoms with E-state index in [9.17, 15) is 0 Å². The molecule has 1 aromatic rings. The van der Waals surface area contributed by atoms with E-state index in [1.165, 1.54) is 23.6 Å². The number of aromatic nitrogens is 2. The van der Waals surface area contributed by atoms with Crippen molar-refractivity contribution >= 4 is 0 Å². The molecule has 1 unspecified atom stereocenters. The molecule has 0 spiro atoms. The lowest BCUT2D eigenvalue weighted by Gasteiger charge is -2.29. The minimum Gasteiger partial charge on any atom is -0.331 e. The molecule has 0 fully saturated rings. The van der Waals surface area contributed by atoms with Gasteiger partial charge in [0.1, 0.15) is 5.82 Å². The van der Waals surface area contributed by atoms with Gasteiger partial charge in [0.25, 0.3) is 0 Å². The van der Waals surface area contributed by atoms with Crippen LogP contribution in [-0.2, 0) is 25.9 Å². The van der Waals surface area contributed by atoms with Crippen LogP contribution in [0.15, 0.2) is 0 Å². The Labute approximate surface area is 117 Å². The molecule has 1 aromatic heterocycles. The maximum Gasteiger partial charge on any atom is 0.109 e. The molecule has 3 heteroatoms. The maximum atomic E-state index is 4.88. The largest absolute Gasteiger partial charge is 0.331 e. The molecule has 19 heavy (non-hydrogen) atoms. The van der Waals surface area contributed by atoms with Crippen LogP contribution >= 0.6 is 0 Å². The summed E-state index contributed by atoms with van der Waals surface area (Å²) in [6, 6.07) is 0. The van der Waals surface area contributed by atoms with Crippen LogP contribution in [0.4, 0.5) is 0 Å². The van der Waals surface area contributed by atoms with Crippen LogP contribution < -0.4 is 5.32 Å². The molecule has 1 atom stereocenters. The Morgan fingerprint density at radius 1 is 1.37 bits per heavy atom. The lowest BCUT2D eigenvalue weighted by Crippen LogP contribution is -2.28. The van der Waals surface area contributed by atoms with Crippen molar-refractivity contribution in [2.75, 3.05) is 6.54 Å². The zero-order valence-corrected chi connectivity index (χ0v) is 13.2. The van der Waals surface area contributed by atoms with Crippen LogP contribution in [0, 0.1) is 11.3 Å². The van der Waals surface area contributed by atoms with Crippen molar-refractivity contribution in [3.8, 4) is 0 Å². The summed E-state index contributed by atoms with van der Waals surface area (Å²) in [5.41, 5.74) is 3.13. The summed E-state index contributed by atoms with van der Waals surface area (Å²) in [7, 11) is 0. The van der Waals surface area contributed by atoms with Gasteiger partial charge in [0.15, 0.2) is 0 Å². The summed E-state index contributed by atoms with van der Waals surface area (Å²) < 4.78 is 2.52. The zero-order valence-electron chi connectivity index (χ0n) is 13.2. The summed E-state index contributed by atoms with van der Waals surface area (Å²) in [4.78, 5) is 4.88. The Bertz CT molecular complexity index is 426. The second kappa shape index (κ2) is 5.66. The lowest BCUT2D eigenvalue weighted by atomic mass is 9.82. The predicted octanol–water partition coefficient (Wildman–Crippen LogP) is 3.16. The highest BCUT2D eigenvalue weighted by Gasteiger charge is 2.25. The molecule has 0 amide bonds. The van der Waals surface area contributed by atoms with Crippen molar-refractivity contribution in [3.63, 3.8) is 0 Å². The van der Waals surface area contributed by atoms with E-state index in [-0.39, 0.29) is 0 Å². The fourth-order valence-electron chi connectivity index (χ4n) is 2.60. The van der Waals surface area contributed by atoms with Crippen LogP contribution in [0.25, 0.3) is 0 Å². The molecule has 0 saturated carbocycles. The van der Waals surface area contributed by atoms with Gasteiger partial charge in [-0.2, -0.15) is 0 Å². The van der Waals surface area contributed by atoms with E-state index in [0.29, 0.717) is 11.3 Å². The molecule has 0 radical (unpaired) electrons. The van der Waals surface area contributed by atoms with Crippen molar-refractivity contribution < 1.29 is 0 Å². The fourth-order valence-corrected chi connectivity index (χ4v) is 2.60. The highest BCUT2D eigenvalue weighted by Crippen LogP contribution is 2.29. The van der Waals surface area contributed by atoms with Crippen molar-refractivity contribution in [1.29, 1.82) is 0 Å². The van der Waals surface area contributed by atoms with Crippen LogP contribution in [0.2, 0.25) is 0 Å². The monoisotopic (exact) mass is 263 g/mol. The summed E-state index contributed by atoms with van der Waals surface area (Å²) in [5.74, 6) is 1.96. The molecule has 1 aliphatic heterocycles. The van der Waals surface area contributed by atoms with Crippen molar-refractivity contribution in [2.24, 2.45) is 11.3 Å². The van der Waals surface area contributed by atoms with Crippen molar-refractivity contribution in [3.05, 3.63) is 17.2 Å². The van der Waals surface area contributed by atoms with Gasteiger partial charge in [0.2, 0.25) is 0 Å².